The maximum Gasteiger partial charge on any atom is 0.271 e. The molecule has 1 aromatic heterocycles. The van der Waals surface area contributed by atoms with Crippen molar-refractivity contribution in [3.8, 4) is 5.75 Å². The second-order valence-corrected chi connectivity index (χ2v) is 4.94. The summed E-state index contributed by atoms with van der Waals surface area (Å²) in [6.07, 6.45) is 0. The molecule has 112 valence electrons. The molecule has 1 amide bonds. The number of benzene rings is 1. The Morgan fingerprint density at radius 2 is 2.14 bits per heavy atom. The van der Waals surface area contributed by atoms with Crippen LogP contribution in [0.4, 0.5) is 0 Å². The minimum absolute atomic E-state index is 0.242. The van der Waals surface area contributed by atoms with E-state index in [9.17, 15) is 4.79 Å². The van der Waals surface area contributed by atoms with Crippen LogP contribution in [-0.2, 0) is 13.1 Å². The summed E-state index contributed by atoms with van der Waals surface area (Å²) in [6, 6.07) is 7.55. The van der Waals surface area contributed by atoms with Crippen molar-refractivity contribution >= 4 is 17.5 Å². The molecule has 2 aromatic rings. The van der Waals surface area contributed by atoms with Gasteiger partial charge in [-0.05, 0) is 19.9 Å². The first kappa shape index (κ1) is 15.4. The second-order valence-electron chi connectivity index (χ2n) is 4.56. The molecule has 1 heterocycles. The summed E-state index contributed by atoms with van der Waals surface area (Å²) in [5, 5.41) is 7.49. The Hall–Kier alpha value is -2.01. The molecule has 21 heavy (non-hydrogen) atoms. The van der Waals surface area contributed by atoms with Gasteiger partial charge in [-0.3, -0.25) is 9.48 Å². The lowest BCUT2D eigenvalue weighted by atomic mass is 10.2. The first-order chi connectivity index (χ1) is 10.1. The molecule has 0 aliphatic rings. The minimum atomic E-state index is -0.242. The van der Waals surface area contributed by atoms with E-state index in [1.165, 1.54) is 0 Å². The van der Waals surface area contributed by atoms with Crippen molar-refractivity contribution in [2.24, 2.45) is 0 Å². The highest BCUT2D eigenvalue weighted by molar-refractivity contribution is 6.34. The zero-order valence-electron chi connectivity index (χ0n) is 12.3. The van der Waals surface area contributed by atoms with Gasteiger partial charge >= 0.3 is 0 Å². The zero-order valence-corrected chi connectivity index (χ0v) is 13.1. The van der Waals surface area contributed by atoms with E-state index in [-0.39, 0.29) is 5.91 Å². The molecule has 1 aromatic carbocycles. The van der Waals surface area contributed by atoms with Crippen molar-refractivity contribution in [3.63, 3.8) is 0 Å². The summed E-state index contributed by atoms with van der Waals surface area (Å²) in [5.41, 5.74) is 1.95. The summed E-state index contributed by atoms with van der Waals surface area (Å²) in [6.45, 7) is 4.66. The van der Waals surface area contributed by atoms with Crippen molar-refractivity contribution in [2.75, 3.05) is 7.11 Å². The number of ether oxygens (including phenoxy) is 1. The zero-order chi connectivity index (χ0) is 15.4. The fourth-order valence-electron chi connectivity index (χ4n) is 2.11. The maximum absolute atomic E-state index is 12.3. The quantitative estimate of drug-likeness (QED) is 0.924. The number of carbonyl (C=O) groups excluding carboxylic acids is 1. The van der Waals surface area contributed by atoms with Crippen LogP contribution in [0.2, 0.25) is 5.02 Å². The molecule has 0 radical (unpaired) electrons. The number of rotatable bonds is 5. The molecule has 1 N–H and O–H groups in total. The van der Waals surface area contributed by atoms with Crippen LogP contribution in [0.1, 0.15) is 28.7 Å². The first-order valence-electron chi connectivity index (χ1n) is 6.71. The van der Waals surface area contributed by atoms with Gasteiger partial charge in [-0.1, -0.05) is 29.8 Å². The Balaban J connectivity index is 2.16. The second kappa shape index (κ2) is 6.63. The van der Waals surface area contributed by atoms with E-state index in [1.54, 1.807) is 18.7 Å². The Morgan fingerprint density at radius 1 is 1.43 bits per heavy atom. The van der Waals surface area contributed by atoms with Gasteiger partial charge in [-0.25, -0.2) is 0 Å². The summed E-state index contributed by atoms with van der Waals surface area (Å²) in [4.78, 5) is 12.3. The topological polar surface area (TPSA) is 56.2 Å². The van der Waals surface area contributed by atoms with Gasteiger partial charge in [0.05, 0.1) is 17.8 Å². The summed E-state index contributed by atoms with van der Waals surface area (Å²) < 4.78 is 6.87. The van der Waals surface area contributed by atoms with Gasteiger partial charge in [0.15, 0.2) is 0 Å². The van der Waals surface area contributed by atoms with Gasteiger partial charge < -0.3 is 10.1 Å². The van der Waals surface area contributed by atoms with Crippen molar-refractivity contribution in [1.82, 2.24) is 15.1 Å². The monoisotopic (exact) mass is 307 g/mol. The Labute approximate surface area is 128 Å². The number of aromatic nitrogens is 2. The van der Waals surface area contributed by atoms with E-state index in [2.05, 4.69) is 10.4 Å². The van der Waals surface area contributed by atoms with Crippen molar-refractivity contribution in [2.45, 2.75) is 26.9 Å². The molecule has 0 saturated carbocycles. The van der Waals surface area contributed by atoms with Crippen molar-refractivity contribution in [1.29, 1.82) is 0 Å². The van der Waals surface area contributed by atoms with Crippen LogP contribution < -0.4 is 10.1 Å². The van der Waals surface area contributed by atoms with Crippen LogP contribution in [0.25, 0.3) is 0 Å². The van der Waals surface area contributed by atoms with Gasteiger partial charge in [0.25, 0.3) is 5.91 Å². The molecule has 0 saturated heterocycles. The molecular formula is C15H18ClN3O2. The number of nitrogens with zero attached hydrogens (tertiary/aromatic N) is 2. The lowest BCUT2D eigenvalue weighted by Gasteiger charge is -2.10. The number of halogens is 1. The van der Waals surface area contributed by atoms with E-state index < -0.39 is 0 Å². The van der Waals surface area contributed by atoms with Gasteiger partial charge in [-0.2, -0.15) is 5.10 Å². The van der Waals surface area contributed by atoms with E-state index in [0.29, 0.717) is 29.5 Å². The van der Waals surface area contributed by atoms with Gasteiger partial charge in [0.1, 0.15) is 11.4 Å². The Bertz CT molecular complexity index is 652. The standard InChI is InChI=1S/C15H18ClN3O2/c1-4-19-14(13(16)10(2)18-19)15(20)17-9-11-7-5-6-8-12(11)21-3/h5-8H,4,9H2,1-3H3,(H,17,20). The average molecular weight is 308 g/mol. The number of nitrogens with one attached hydrogen (secondary N) is 1. The van der Waals surface area contributed by atoms with E-state index in [1.807, 2.05) is 31.2 Å². The lowest BCUT2D eigenvalue weighted by molar-refractivity contribution is 0.0940. The molecule has 6 heteroatoms. The lowest BCUT2D eigenvalue weighted by Crippen LogP contribution is -2.26. The van der Waals surface area contributed by atoms with Crippen LogP contribution in [0.3, 0.4) is 0 Å². The molecule has 0 bridgehead atoms. The molecule has 2 rings (SSSR count). The Morgan fingerprint density at radius 3 is 2.81 bits per heavy atom. The number of aryl methyl sites for hydroxylation is 2. The third-order valence-electron chi connectivity index (χ3n) is 3.20. The molecular weight excluding hydrogens is 290 g/mol. The number of methoxy groups -OCH3 is 1. The summed E-state index contributed by atoms with van der Waals surface area (Å²) in [5.74, 6) is 0.498. The fourth-order valence-corrected chi connectivity index (χ4v) is 2.33. The normalized spacial score (nSPS) is 10.5. The number of amides is 1. The van der Waals surface area contributed by atoms with Crippen LogP contribution in [-0.4, -0.2) is 22.8 Å². The van der Waals surface area contributed by atoms with E-state index in [4.69, 9.17) is 16.3 Å². The van der Waals surface area contributed by atoms with Gasteiger partial charge in [0.2, 0.25) is 0 Å². The predicted octanol–water partition coefficient (Wildman–Crippen LogP) is 2.80. The smallest absolute Gasteiger partial charge is 0.271 e. The Kier molecular flexibility index (Phi) is 4.85. The molecule has 0 atom stereocenters. The highest BCUT2D eigenvalue weighted by Gasteiger charge is 2.19. The highest BCUT2D eigenvalue weighted by Crippen LogP contribution is 2.21. The molecule has 5 nitrogen and oxygen atoms in total. The molecule has 0 aliphatic heterocycles. The van der Waals surface area contributed by atoms with Gasteiger partial charge in [-0.15, -0.1) is 0 Å². The van der Waals surface area contributed by atoms with Crippen LogP contribution in [0.15, 0.2) is 24.3 Å². The fraction of sp³-hybridized carbons (Fsp3) is 0.333. The average Bonchev–Trinajstić information content (AvgIpc) is 2.80. The largest absolute Gasteiger partial charge is 0.496 e. The first-order valence-corrected chi connectivity index (χ1v) is 7.09. The van der Waals surface area contributed by atoms with Crippen LogP contribution in [0.5, 0.6) is 5.75 Å². The maximum atomic E-state index is 12.3. The highest BCUT2D eigenvalue weighted by atomic mass is 35.5. The third-order valence-corrected chi connectivity index (χ3v) is 3.65. The van der Waals surface area contributed by atoms with Gasteiger partial charge in [0, 0.05) is 18.7 Å². The van der Waals surface area contributed by atoms with E-state index in [0.717, 1.165) is 11.3 Å². The molecule has 0 spiro atoms. The predicted molar refractivity (Wildman–Crippen MR) is 81.8 cm³/mol. The number of hydrogen-bond acceptors (Lipinski definition) is 3. The van der Waals surface area contributed by atoms with E-state index >= 15 is 0 Å². The molecule has 0 unspecified atom stereocenters. The van der Waals surface area contributed by atoms with Crippen LogP contribution in [0, 0.1) is 6.92 Å². The van der Waals surface area contributed by atoms with Crippen molar-refractivity contribution in [3.05, 3.63) is 46.2 Å². The van der Waals surface area contributed by atoms with Crippen molar-refractivity contribution < 1.29 is 9.53 Å². The SMILES string of the molecule is CCn1nc(C)c(Cl)c1C(=O)NCc1ccccc1OC. The molecule has 0 fully saturated rings. The number of hydrogen-bond donors (Lipinski definition) is 1. The minimum Gasteiger partial charge on any atom is -0.496 e. The molecule has 0 aliphatic carbocycles. The summed E-state index contributed by atoms with van der Waals surface area (Å²) >= 11 is 6.16. The van der Waals surface area contributed by atoms with Crippen LogP contribution >= 0.6 is 11.6 Å². The number of carbonyl (C=O) groups is 1. The number of para-hydroxylation sites is 1. The summed E-state index contributed by atoms with van der Waals surface area (Å²) in [7, 11) is 1.60. The third kappa shape index (κ3) is 3.19.